The van der Waals surface area contributed by atoms with Gasteiger partial charge in [-0.1, -0.05) is 86.3 Å². The smallest absolute Gasteiger partial charge is 0.407 e. The summed E-state index contributed by atoms with van der Waals surface area (Å²) < 4.78 is 10.3. The van der Waals surface area contributed by atoms with Crippen LogP contribution in [-0.2, 0) is 32.3 Å². The molecule has 2 rings (SSSR count). The van der Waals surface area contributed by atoms with Crippen molar-refractivity contribution in [2.75, 3.05) is 39.3 Å². The normalized spacial score (nSPS) is 10.3. The zero-order valence-electron chi connectivity index (χ0n) is 28.3. The Hall–Kier alpha value is -3.83. The molecule has 268 valence electrons. The summed E-state index contributed by atoms with van der Waals surface area (Å²) in [6, 6.07) is 19.0. The first-order valence-electron chi connectivity index (χ1n) is 17.2. The zero-order valence-corrected chi connectivity index (χ0v) is 29.1. The Morgan fingerprint density at radius 2 is 0.792 bits per heavy atom. The van der Waals surface area contributed by atoms with Crippen LogP contribution < -0.4 is 26.6 Å². The first-order chi connectivity index (χ1) is 23.0. The van der Waals surface area contributed by atoms with Gasteiger partial charge in [0.05, 0.1) is 0 Å². The van der Waals surface area contributed by atoms with Crippen LogP contribution in [0, 0.1) is 0 Å². The van der Waals surface area contributed by atoms with Crippen molar-refractivity contribution in [2.24, 2.45) is 0 Å². The molecule has 0 fully saturated rings. The zero-order chi connectivity index (χ0) is 33.6. The Balaban J connectivity index is 0.0000115. The molecule has 0 atom stereocenters. The summed E-state index contributed by atoms with van der Waals surface area (Å²) in [4.78, 5) is 47.4. The van der Waals surface area contributed by atoms with Gasteiger partial charge in [0.1, 0.15) is 13.2 Å². The van der Waals surface area contributed by atoms with Gasteiger partial charge in [0.2, 0.25) is 11.8 Å². The molecule has 2 aromatic carbocycles. The number of carbonyl (C=O) groups is 4. The molecule has 12 heteroatoms. The topological polar surface area (TPSA) is 147 Å². The summed E-state index contributed by atoms with van der Waals surface area (Å²) in [5.41, 5.74) is 1.86. The molecule has 0 spiro atoms. The number of ether oxygens (including phenoxy) is 2. The van der Waals surface area contributed by atoms with Crippen molar-refractivity contribution in [2.45, 2.75) is 90.3 Å². The fourth-order valence-corrected chi connectivity index (χ4v) is 4.64. The van der Waals surface area contributed by atoms with Gasteiger partial charge in [-0.2, -0.15) is 0 Å². The highest BCUT2D eigenvalue weighted by molar-refractivity contribution is 5.85. The van der Waals surface area contributed by atoms with Crippen molar-refractivity contribution in [3.05, 3.63) is 71.8 Å². The van der Waals surface area contributed by atoms with Crippen LogP contribution in [0.1, 0.15) is 88.2 Å². The van der Waals surface area contributed by atoms with Gasteiger partial charge in [-0.3, -0.25) is 9.59 Å². The highest BCUT2D eigenvalue weighted by atomic mass is 35.5. The molecule has 11 nitrogen and oxygen atoms in total. The highest BCUT2D eigenvalue weighted by Crippen LogP contribution is 2.03. The molecule has 4 amide bonds. The number of rotatable bonds is 26. The first-order valence-corrected chi connectivity index (χ1v) is 17.2. The minimum atomic E-state index is -0.471. The van der Waals surface area contributed by atoms with Crippen LogP contribution in [0.4, 0.5) is 9.59 Å². The molecular weight excluding hydrogens is 634 g/mol. The van der Waals surface area contributed by atoms with Crippen LogP contribution in [-0.4, -0.2) is 63.3 Å². The van der Waals surface area contributed by atoms with Crippen molar-refractivity contribution < 1.29 is 28.7 Å². The largest absolute Gasteiger partial charge is 0.445 e. The number of amides is 4. The molecule has 0 aliphatic heterocycles. The Kier molecular flexibility index (Phi) is 25.8. The number of carbonyl (C=O) groups excluding carboxylic acids is 4. The average molecular weight is 690 g/mol. The predicted octanol–water partition coefficient (Wildman–Crippen LogP) is 5.76. The molecule has 0 radical (unpaired) electrons. The second-order valence-corrected chi connectivity index (χ2v) is 11.5. The summed E-state index contributed by atoms with van der Waals surface area (Å²) in [6.07, 6.45) is 9.57. The lowest BCUT2D eigenvalue weighted by molar-refractivity contribution is -0.122. The summed E-state index contributed by atoms with van der Waals surface area (Å²) in [5.74, 6) is 0.0221. The maximum Gasteiger partial charge on any atom is 0.407 e. The van der Waals surface area contributed by atoms with Crippen LogP contribution in [0.3, 0.4) is 0 Å². The fourth-order valence-electron chi connectivity index (χ4n) is 4.64. The molecule has 2 aromatic rings. The fraction of sp³-hybridized carbons (Fsp3) is 0.556. The Morgan fingerprint density at radius 1 is 0.438 bits per heavy atom. The van der Waals surface area contributed by atoms with Crippen molar-refractivity contribution >= 4 is 36.4 Å². The van der Waals surface area contributed by atoms with E-state index in [9.17, 15) is 19.2 Å². The van der Waals surface area contributed by atoms with Crippen LogP contribution >= 0.6 is 12.4 Å². The summed E-state index contributed by atoms with van der Waals surface area (Å²) in [6.45, 7) is 4.65. The van der Waals surface area contributed by atoms with Crippen LogP contribution in [0.5, 0.6) is 0 Å². The van der Waals surface area contributed by atoms with E-state index in [1.165, 1.54) is 0 Å². The van der Waals surface area contributed by atoms with Gasteiger partial charge in [0, 0.05) is 39.0 Å². The van der Waals surface area contributed by atoms with E-state index in [2.05, 4.69) is 26.6 Å². The van der Waals surface area contributed by atoms with E-state index in [-0.39, 0.29) is 37.4 Å². The molecule has 0 heterocycles. The van der Waals surface area contributed by atoms with E-state index >= 15 is 0 Å². The number of alkyl carbamates (subject to hydrolysis) is 2. The lowest BCUT2D eigenvalue weighted by Gasteiger charge is -2.08. The SMILES string of the molecule is Cl.O=C(CCCNC(=O)OCc1ccccc1)NCCCCCCNCCCCCCNC(=O)CCCNC(=O)OCc1ccccc1. The second kappa shape index (κ2) is 29.3. The Bertz CT molecular complexity index is 1040. The Morgan fingerprint density at radius 3 is 1.19 bits per heavy atom. The van der Waals surface area contributed by atoms with E-state index in [0.717, 1.165) is 75.6 Å². The molecule has 0 saturated heterocycles. The average Bonchev–Trinajstić information content (AvgIpc) is 3.09. The molecule has 0 saturated carbocycles. The molecule has 0 unspecified atom stereocenters. The van der Waals surface area contributed by atoms with E-state index in [0.29, 0.717) is 51.9 Å². The minimum absolute atomic E-state index is 0. The number of unbranched alkanes of at least 4 members (excludes halogenated alkanes) is 6. The first kappa shape index (κ1) is 42.2. The van der Waals surface area contributed by atoms with Gasteiger partial charge < -0.3 is 36.1 Å². The van der Waals surface area contributed by atoms with Gasteiger partial charge in [-0.05, 0) is 62.7 Å². The number of hydrogen-bond acceptors (Lipinski definition) is 7. The third kappa shape index (κ3) is 24.4. The van der Waals surface area contributed by atoms with E-state index < -0.39 is 12.2 Å². The third-order valence-electron chi connectivity index (χ3n) is 7.33. The van der Waals surface area contributed by atoms with E-state index in [1.54, 1.807) is 0 Å². The van der Waals surface area contributed by atoms with E-state index in [4.69, 9.17) is 9.47 Å². The van der Waals surface area contributed by atoms with Gasteiger partial charge in [0.25, 0.3) is 0 Å². The van der Waals surface area contributed by atoms with Crippen molar-refractivity contribution in [1.29, 1.82) is 0 Å². The second-order valence-electron chi connectivity index (χ2n) is 11.5. The molecule has 0 aliphatic carbocycles. The Labute approximate surface area is 292 Å². The van der Waals surface area contributed by atoms with Crippen molar-refractivity contribution in [1.82, 2.24) is 26.6 Å². The van der Waals surface area contributed by atoms with Crippen molar-refractivity contribution in [3.8, 4) is 0 Å². The quantitative estimate of drug-likeness (QED) is 0.0789. The minimum Gasteiger partial charge on any atom is -0.445 e. The number of halogens is 1. The highest BCUT2D eigenvalue weighted by Gasteiger charge is 2.06. The number of nitrogens with one attached hydrogen (secondary N) is 5. The summed E-state index contributed by atoms with van der Waals surface area (Å²) >= 11 is 0. The summed E-state index contributed by atoms with van der Waals surface area (Å²) in [5, 5.41) is 14.7. The molecular formula is C36H56ClN5O6. The summed E-state index contributed by atoms with van der Waals surface area (Å²) in [7, 11) is 0. The lowest BCUT2D eigenvalue weighted by atomic mass is 10.1. The molecule has 48 heavy (non-hydrogen) atoms. The molecule has 5 N–H and O–H groups in total. The maximum absolute atomic E-state index is 12.0. The van der Waals surface area contributed by atoms with Crippen LogP contribution in [0.2, 0.25) is 0 Å². The van der Waals surface area contributed by atoms with Crippen LogP contribution in [0.25, 0.3) is 0 Å². The van der Waals surface area contributed by atoms with Gasteiger partial charge in [-0.25, -0.2) is 9.59 Å². The van der Waals surface area contributed by atoms with E-state index in [1.807, 2.05) is 60.7 Å². The van der Waals surface area contributed by atoms with Gasteiger partial charge in [0.15, 0.2) is 0 Å². The molecule has 0 bridgehead atoms. The number of hydrogen-bond donors (Lipinski definition) is 5. The van der Waals surface area contributed by atoms with Gasteiger partial charge in [-0.15, -0.1) is 12.4 Å². The van der Waals surface area contributed by atoms with Crippen molar-refractivity contribution in [3.63, 3.8) is 0 Å². The predicted molar refractivity (Wildman–Crippen MR) is 191 cm³/mol. The van der Waals surface area contributed by atoms with Crippen LogP contribution in [0.15, 0.2) is 60.7 Å². The lowest BCUT2D eigenvalue weighted by Crippen LogP contribution is -2.28. The maximum atomic E-state index is 12.0. The third-order valence-corrected chi connectivity index (χ3v) is 7.33. The molecule has 0 aromatic heterocycles. The van der Waals surface area contributed by atoms with Gasteiger partial charge >= 0.3 is 12.2 Å². The number of benzene rings is 2. The monoisotopic (exact) mass is 689 g/mol. The standard InChI is InChI=1S/C36H55N5O6.ClH/c42-33(21-15-27-40-35(44)46-29-31-17-7-5-8-18-31)38-25-13-3-1-11-23-37-24-12-2-4-14-26-39-34(43)22-16-28-41-36(45)47-30-32-19-9-6-10-20-32;/h5-10,17-20,37H,1-4,11-16,21-30H2,(H,38,42)(H,39,43)(H,40,44)(H,41,45);1H. The molecule has 0 aliphatic rings.